The molecule has 0 radical (unpaired) electrons. The minimum atomic E-state index is 0.00192. The van der Waals surface area contributed by atoms with Crippen LogP contribution in [0, 0.1) is 11.3 Å². The molecule has 2 aliphatic rings. The van der Waals surface area contributed by atoms with Gasteiger partial charge in [-0.25, -0.2) is 0 Å². The first kappa shape index (κ1) is 16.4. The van der Waals surface area contributed by atoms with Crippen LogP contribution in [-0.2, 0) is 27.9 Å². The number of rotatable bonds is 6. The Balaban J connectivity index is 1.56. The van der Waals surface area contributed by atoms with Gasteiger partial charge in [0, 0.05) is 63.9 Å². The van der Waals surface area contributed by atoms with E-state index in [1.807, 2.05) is 17.9 Å². The van der Waals surface area contributed by atoms with Crippen molar-refractivity contribution in [2.24, 2.45) is 18.4 Å². The van der Waals surface area contributed by atoms with Gasteiger partial charge in [-0.15, -0.1) is 0 Å². The second kappa shape index (κ2) is 6.59. The number of aryl methyl sites for hydroxylation is 1. The van der Waals surface area contributed by atoms with Gasteiger partial charge in [-0.05, 0) is 0 Å². The number of likely N-dealkylation sites (N-methyl/N-ethyl adjacent to an activating group) is 1. The largest absolute Gasteiger partial charge is 0.380 e. The average molecular weight is 322 g/mol. The van der Waals surface area contributed by atoms with Gasteiger partial charge >= 0.3 is 0 Å². The SMILES string of the molecule is CN(C)C(=O)COC[C@@]12COC[C@@H]1CN(Cc1cnn(C)c1)C2. The van der Waals surface area contributed by atoms with E-state index in [4.69, 9.17) is 9.47 Å². The van der Waals surface area contributed by atoms with Gasteiger partial charge in [-0.3, -0.25) is 14.4 Å². The van der Waals surface area contributed by atoms with Gasteiger partial charge in [0.25, 0.3) is 0 Å². The number of aromatic nitrogens is 2. The van der Waals surface area contributed by atoms with Gasteiger partial charge in [0.05, 0.1) is 26.0 Å². The number of carbonyl (C=O) groups is 1. The molecule has 0 bridgehead atoms. The van der Waals surface area contributed by atoms with E-state index < -0.39 is 0 Å². The molecule has 0 aliphatic carbocycles. The zero-order valence-corrected chi connectivity index (χ0v) is 14.2. The van der Waals surface area contributed by atoms with E-state index in [9.17, 15) is 4.79 Å². The van der Waals surface area contributed by atoms with Crippen molar-refractivity contribution in [1.29, 1.82) is 0 Å². The molecule has 2 saturated heterocycles. The molecule has 7 heteroatoms. The maximum Gasteiger partial charge on any atom is 0.248 e. The van der Waals surface area contributed by atoms with E-state index in [0.29, 0.717) is 12.5 Å². The van der Waals surface area contributed by atoms with Crippen molar-refractivity contribution in [1.82, 2.24) is 19.6 Å². The summed E-state index contributed by atoms with van der Waals surface area (Å²) < 4.78 is 13.3. The Morgan fingerprint density at radius 2 is 2.39 bits per heavy atom. The van der Waals surface area contributed by atoms with Crippen LogP contribution in [0.15, 0.2) is 12.4 Å². The topological polar surface area (TPSA) is 59.8 Å². The zero-order valence-electron chi connectivity index (χ0n) is 14.2. The molecule has 2 fully saturated rings. The van der Waals surface area contributed by atoms with E-state index >= 15 is 0 Å². The van der Waals surface area contributed by atoms with Crippen molar-refractivity contribution in [3.63, 3.8) is 0 Å². The van der Waals surface area contributed by atoms with Crippen molar-refractivity contribution >= 4 is 5.91 Å². The lowest BCUT2D eigenvalue weighted by Gasteiger charge is -2.27. The molecular weight excluding hydrogens is 296 g/mol. The second-order valence-electron chi connectivity index (χ2n) is 7.05. The first-order valence-electron chi connectivity index (χ1n) is 8.04. The minimum absolute atomic E-state index is 0.00192. The van der Waals surface area contributed by atoms with Crippen LogP contribution in [0.25, 0.3) is 0 Å². The zero-order chi connectivity index (χ0) is 16.4. The highest BCUT2D eigenvalue weighted by Crippen LogP contribution is 2.41. The first-order valence-corrected chi connectivity index (χ1v) is 8.04. The summed E-state index contributed by atoms with van der Waals surface area (Å²) in [4.78, 5) is 15.7. The molecule has 0 unspecified atom stereocenters. The Bertz CT molecular complexity index is 559. The number of ether oxygens (including phenoxy) is 2. The average Bonchev–Trinajstić information content (AvgIpc) is 3.13. The summed E-state index contributed by atoms with van der Waals surface area (Å²) in [5, 5.41) is 4.23. The second-order valence-corrected chi connectivity index (χ2v) is 7.05. The van der Waals surface area contributed by atoms with E-state index in [1.54, 1.807) is 19.0 Å². The molecule has 0 saturated carbocycles. The number of hydrogen-bond acceptors (Lipinski definition) is 5. The van der Waals surface area contributed by atoms with Crippen LogP contribution >= 0.6 is 0 Å². The Morgan fingerprint density at radius 3 is 3.09 bits per heavy atom. The van der Waals surface area contributed by atoms with Crippen LogP contribution < -0.4 is 0 Å². The third kappa shape index (κ3) is 3.57. The number of fused-ring (bicyclic) bond motifs is 1. The predicted octanol–water partition coefficient (Wildman–Crippen LogP) is -0.0267. The van der Waals surface area contributed by atoms with E-state index in [0.717, 1.165) is 32.8 Å². The number of nitrogens with zero attached hydrogens (tertiary/aromatic N) is 4. The summed E-state index contributed by atoms with van der Waals surface area (Å²) in [6.07, 6.45) is 3.98. The first-order chi connectivity index (χ1) is 11.0. The lowest BCUT2D eigenvalue weighted by atomic mass is 9.82. The number of carbonyl (C=O) groups excluding carboxylic acids is 1. The predicted molar refractivity (Wildman–Crippen MR) is 84.7 cm³/mol. The molecule has 1 aromatic rings. The highest BCUT2D eigenvalue weighted by molar-refractivity contribution is 5.76. The Kier molecular flexibility index (Phi) is 4.70. The van der Waals surface area contributed by atoms with Crippen molar-refractivity contribution in [2.75, 3.05) is 53.6 Å². The Morgan fingerprint density at radius 1 is 1.57 bits per heavy atom. The van der Waals surface area contributed by atoms with Gasteiger partial charge in [0.1, 0.15) is 6.61 Å². The van der Waals surface area contributed by atoms with Crippen LogP contribution in [0.4, 0.5) is 0 Å². The highest BCUT2D eigenvalue weighted by Gasteiger charge is 2.50. The smallest absolute Gasteiger partial charge is 0.248 e. The summed E-state index contributed by atoms with van der Waals surface area (Å²) in [5.74, 6) is 0.482. The Labute approximate surface area is 137 Å². The van der Waals surface area contributed by atoms with Crippen LogP contribution in [0.2, 0.25) is 0 Å². The maximum absolute atomic E-state index is 11.7. The number of hydrogen-bond donors (Lipinski definition) is 0. The molecule has 0 spiro atoms. The lowest BCUT2D eigenvalue weighted by Crippen LogP contribution is -2.37. The third-order valence-electron chi connectivity index (χ3n) is 4.87. The van der Waals surface area contributed by atoms with Gasteiger partial charge in [0.15, 0.2) is 0 Å². The molecule has 23 heavy (non-hydrogen) atoms. The molecule has 1 amide bonds. The lowest BCUT2D eigenvalue weighted by molar-refractivity contribution is -0.135. The van der Waals surface area contributed by atoms with Crippen molar-refractivity contribution in [2.45, 2.75) is 6.54 Å². The molecule has 0 N–H and O–H groups in total. The van der Waals surface area contributed by atoms with Gasteiger partial charge in [0.2, 0.25) is 5.91 Å². The number of amides is 1. The fourth-order valence-electron chi connectivity index (χ4n) is 3.55. The molecular formula is C16H26N4O3. The van der Waals surface area contributed by atoms with Gasteiger partial charge < -0.3 is 14.4 Å². The molecule has 3 rings (SSSR count). The summed E-state index contributed by atoms with van der Waals surface area (Å²) in [7, 11) is 5.43. The standard InChI is InChI=1S/C16H26N4O3/c1-18(2)15(21)9-23-12-16-10-20(7-14(16)8-22-11-16)6-13-4-17-19(3)5-13/h4-5,14H,6-12H2,1-3H3/t14-,16+/m0/s1. The summed E-state index contributed by atoms with van der Waals surface area (Å²) in [6, 6.07) is 0. The fraction of sp³-hybridized carbons (Fsp3) is 0.750. The van der Waals surface area contributed by atoms with E-state index in [1.165, 1.54) is 5.56 Å². The van der Waals surface area contributed by atoms with Crippen LogP contribution in [-0.4, -0.2) is 79.1 Å². The van der Waals surface area contributed by atoms with Crippen molar-refractivity contribution < 1.29 is 14.3 Å². The van der Waals surface area contributed by atoms with Crippen LogP contribution in [0.3, 0.4) is 0 Å². The van der Waals surface area contributed by atoms with Crippen molar-refractivity contribution in [3.8, 4) is 0 Å². The maximum atomic E-state index is 11.7. The van der Waals surface area contributed by atoms with E-state index in [2.05, 4.69) is 16.2 Å². The van der Waals surface area contributed by atoms with Gasteiger partial charge in [-0.2, -0.15) is 5.10 Å². The molecule has 2 aliphatic heterocycles. The molecule has 0 aromatic carbocycles. The Hall–Kier alpha value is -1.44. The summed E-state index contributed by atoms with van der Waals surface area (Å²) in [6.45, 7) is 5.10. The monoisotopic (exact) mass is 322 g/mol. The fourth-order valence-corrected chi connectivity index (χ4v) is 3.55. The number of likely N-dealkylation sites (tertiary alicyclic amines) is 1. The molecule has 1 aromatic heterocycles. The minimum Gasteiger partial charge on any atom is -0.380 e. The van der Waals surface area contributed by atoms with Crippen LogP contribution in [0.1, 0.15) is 5.56 Å². The highest BCUT2D eigenvalue weighted by atomic mass is 16.5. The van der Waals surface area contributed by atoms with E-state index in [-0.39, 0.29) is 17.9 Å². The molecule has 128 valence electrons. The van der Waals surface area contributed by atoms with Gasteiger partial charge in [-0.1, -0.05) is 0 Å². The molecule has 7 nitrogen and oxygen atoms in total. The summed E-state index contributed by atoms with van der Waals surface area (Å²) >= 11 is 0. The molecule has 2 atom stereocenters. The van der Waals surface area contributed by atoms with Crippen LogP contribution in [0.5, 0.6) is 0 Å². The normalized spacial score (nSPS) is 27.3. The van der Waals surface area contributed by atoms with Crippen molar-refractivity contribution in [3.05, 3.63) is 18.0 Å². The third-order valence-corrected chi connectivity index (χ3v) is 4.87. The summed E-state index contributed by atoms with van der Waals surface area (Å²) in [5.41, 5.74) is 1.25. The quantitative estimate of drug-likeness (QED) is 0.736. The molecule has 3 heterocycles.